The van der Waals surface area contributed by atoms with Crippen molar-refractivity contribution in [1.82, 2.24) is 4.90 Å². The number of carbonyl (C=O) groups is 1. The quantitative estimate of drug-likeness (QED) is 0.819. The molecular formula is C18H23NO3S. The molecule has 2 aromatic rings. The fourth-order valence-corrected chi connectivity index (χ4v) is 4.19. The van der Waals surface area contributed by atoms with E-state index in [0.29, 0.717) is 11.5 Å². The first-order valence-electron chi connectivity index (χ1n) is 8.10. The van der Waals surface area contributed by atoms with Gasteiger partial charge in [-0.2, -0.15) is 11.8 Å². The van der Waals surface area contributed by atoms with Gasteiger partial charge < -0.3 is 13.7 Å². The van der Waals surface area contributed by atoms with Crippen LogP contribution in [0.3, 0.4) is 0 Å². The average Bonchev–Trinajstić information content (AvgIpc) is 3.17. The van der Waals surface area contributed by atoms with E-state index < -0.39 is 0 Å². The molecule has 124 valence electrons. The molecule has 0 N–H and O–H groups in total. The highest BCUT2D eigenvalue weighted by atomic mass is 32.2. The SMILES string of the molecule is Cc1cc(C(=O)N2CCC(CSCc3ccco3)CC2)c(C)o1. The van der Waals surface area contributed by atoms with Crippen LogP contribution in [0.15, 0.2) is 33.3 Å². The van der Waals surface area contributed by atoms with Crippen LogP contribution in [-0.2, 0) is 5.75 Å². The molecule has 1 fully saturated rings. The van der Waals surface area contributed by atoms with Crippen LogP contribution in [0.4, 0.5) is 0 Å². The van der Waals surface area contributed by atoms with Crippen molar-refractivity contribution in [3.05, 3.63) is 47.3 Å². The van der Waals surface area contributed by atoms with Gasteiger partial charge in [-0.3, -0.25) is 4.79 Å². The lowest BCUT2D eigenvalue weighted by Gasteiger charge is -2.31. The van der Waals surface area contributed by atoms with E-state index in [2.05, 4.69) is 0 Å². The predicted molar refractivity (Wildman–Crippen MR) is 91.7 cm³/mol. The van der Waals surface area contributed by atoms with Gasteiger partial charge in [0.05, 0.1) is 17.6 Å². The zero-order chi connectivity index (χ0) is 16.2. The van der Waals surface area contributed by atoms with E-state index in [-0.39, 0.29) is 5.91 Å². The number of hydrogen-bond donors (Lipinski definition) is 0. The van der Waals surface area contributed by atoms with E-state index in [0.717, 1.165) is 54.7 Å². The third-order valence-corrected chi connectivity index (χ3v) is 5.55. The summed E-state index contributed by atoms with van der Waals surface area (Å²) in [5.74, 6) is 5.42. The monoisotopic (exact) mass is 333 g/mol. The third-order valence-electron chi connectivity index (χ3n) is 4.35. The van der Waals surface area contributed by atoms with Crippen molar-refractivity contribution in [3.63, 3.8) is 0 Å². The molecular weight excluding hydrogens is 310 g/mol. The predicted octanol–water partition coefficient (Wildman–Crippen LogP) is 4.28. The Morgan fingerprint density at radius 3 is 2.74 bits per heavy atom. The van der Waals surface area contributed by atoms with E-state index >= 15 is 0 Å². The molecule has 0 spiro atoms. The third kappa shape index (κ3) is 4.02. The second kappa shape index (κ2) is 7.30. The maximum atomic E-state index is 12.6. The Balaban J connectivity index is 1.44. The Bertz CT molecular complexity index is 639. The highest BCUT2D eigenvalue weighted by Crippen LogP contribution is 2.25. The average molecular weight is 333 g/mol. The molecule has 1 aliphatic heterocycles. The minimum atomic E-state index is 0.112. The minimum absolute atomic E-state index is 0.112. The molecule has 0 aromatic carbocycles. The van der Waals surface area contributed by atoms with Gasteiger partial charge in [0.2, 0.25) is 0 Å². The Morgan fingerprint density at radius 2 is 2.13 bits per heavy atom. The van der Waals surface area contributed by atoms with Gasteiger partial charge in [-0.25, -0.2) is 0 Å². The number of amides is 1. The summed E-state index contributed by atoms with van der Waals surface area (Å²) in [6.45, 7) is 5.42. The van der Waals surface area contributed by atoms with Gasteiger partial charge in [0.25, 0.3) is 5.91 Å². The fourth-order valence-electron chi connectivity index (χ4n) is 3.04. The van der Waals surface area contributed by atoms with Crippen LogP contribution >= 0.6 is 11.8 Å². The van der Waals surface area contributed by atoms with Crippen molar-refractivity contribution in [1.29, 1.82) is 0 Å². The maximum absolute atomic E-state index is 12.6. The Kier molecular flexibility index (Phi) is 5.16. The van der Waals surface area contributed by atoms with Crippen molar-refractivity contribution < 1.29 is 13.6 Å². The number of piperidine rings is 1. The van der Waals surface area contributed by atoms with Crippen LogP contribution in [0.1, 0.15) is 40.5 Å². The van der Waals surface area contributed by atoms with Crippen molar-refractivity contribution in [2.24, 2.45) is 5.92 Å². The molecule has 23 heavy (non-hydrogen) atoms. The van der Waals surface area contributed by atoms with Crippen molar-refractivity contribution in [2.75, 3.05) is 18.8 Å². The number of likely N-dealkylation sites (tertiary alicyclic amines) is 1. The second-order valence-electron chi connectivity index (χ2n) is 6.16. The van der Waals surface area contributed by atoms with Gasteiger partial charge in [-0.1, -0.05) is 0 Å². The molecule has 1 amide bonds. The molecule has 0 aliphatic carbocycles. The standard InChI is InChI=1S/C18H23NO3S/c1-13-10-17(14(2)22-13)18(20)19-7-5-15(6-8-19)11-23-12-16-4-3-9-21-16/h3-4,9-10,15H,5-8,11-12H2,1-2H3. The highest BCUT2D eigenvalue weighted by Gasteiger charge is 2.25. The first-order valence-corrected chi connectivity index (χ1v) is 9.25. The van der Waals surface area contributed by atoms with E-state index in [9.17, 15) is 4.79 Å². The van der Waals surface area contributed by atoms with Crippen LogP contribution in [-0.4, -0.2) is 29.6 Å². The number of thioether (sulfide) groups is 1. The minimum Gasteiger partial charge on any atom is -0.468 e. The smallest absolute Gasteiger partial charge is 0.257 e. The number of nitrogens with zero attached hydrogens (tertiary/aromatic N) is 1. The second-order valence-corrected chi connectivity index (χ2v) is 7.19. The molecule has 1 saturated heterocycles. The van der Waals surface area contributed by atoms with Crippen molar-refractivity contribution in [3.8, 4) is 0 Å². The molecule has 1 aliphatic rings. The van der Waals surface area contributed by atoms with E-state index in [1.165, 1.54) is 0 Å². The van der Waals surface area contributed by atoms with Crippen LogP contribution in [0.2, 0.25) is 0 Å². The lowest BCUT2D eigenvalue weighted by atomic mass is 9.98. The fraction of sp³-hybridized carbons (Fsp3) is 0.500. The Morgan fingerprint density at radius 1 is 1.35 bits per heavy atom. The normalized spacial score (nSPS) is 16.0. The summed E-state index contributed by atoms with van der Waals surface area (Å²) < 4.78 is 10.8. The first kappa shape index (κ1) is 16.2. The van der Waals surface area contributed by atoms with Gasteiger partial charge in [0.1, 0.15) is 17.3 Å². The van der Waals surface area contributed by atoms with Gasteiger partial charge in [-0.05, 0) is 56.6 Å². The zero-order valence-electron chi connectivity index (χ0n) is 13.7. The molecule has 0 bridgehead atoms. The van der Waals surface area contributed by atoms with Gasteiger partial charge in [0.15, 0.2) is 0 Å². The molecule has 5 heteroatoms. The van der Waals surface area contributed by atoms with Gasteiger partial charge in [0, 0.05) is 13.1 Å². The lowest BCUT2D eigenvalue weighted by molar-refractivity contribution is 0.0697. The number of rotatable bonds is 5. The van der Waals surface area contributed by atoms with E-state index in [1.807, 2.05) is 48.7 Å². The number of aryl methyl sites for hydroxylation is 2. The van der Waals surface area contributed by atoms with Gasteiger partial charge in [-0.15, -0.1) is 0 Å². The summed E-state index contributed by atoms with van der Waals surface area (Å²) >= 11 is 1.92. The van der Waals surface area contributed by atoms with E-state index in [1.54, 1.807) is 6.26 Å². The van der Waals surface area contributed by atoms with Gasteiger partial charge >= 0.3 is 0 Å². The summed E-state index contributed by atoms with van der Waals surface area (Å²) in [5, 5.41) is 0. The number of carbonyl (C=O) groups excluding carboxylic acids is 1. The molecule has 2 aromatic heterocycles. The van der Waals surface area contributed by atoms with Crippen molar-refractivity contribution in [2.45, 2.75) is 32.4 Å². The van der Waals surface area contributed by atoms with E-state index in [4.69, 9.17) is 8.83 Å². The summed E-state index contributed by atoms with van der Waals surface area (Å²) in [7, 11) is 0. The highest BCUT2D eigenvalue weighted by molar-refractivity contribution is 7.98. The topological polar surface area (TPSA) is 46.6 Å². The molecule has 0 unspecified atom stereocenters. The molecule has 4 nitrogen and oxygen atoms in total. The first-order chi connectivity index (χ1) is 11.1. The maximum Gasteiger partial charge on any atom is 0.257 e. The van der Waals surface area contributed by atoms with Crippen LogP contribution in [0, 0.1) is 19.8 Å². The summed E-state index contributed by atoms with van der Waals surface area (Å²) in [6.07, 6.45) is 3.87. The van der Waals surface area contributed by atoms with Crippen molar-refractivity contribution >= 4 is 17.7 Å². The largest absolute Gasteiger partial charge is 0.468 e. The van der Waals surface area contributed by atoms with Crippen LogP contribution in [0.5, 0.6) is 0 Å². The lowest BCUT2D eigenvalue weighted by Crippen LogP contribution is -2.39. The zero-order valence-corrected chi connectivity index (χ0v) is 14.5. The summed E-state index contributed by atoms with van der Waals surface area (Å²) in [4.78, 5) is 14.5. The molecule has 3 rings (SSSR count). The number of hydrogen-bond acceptors (Lipinski definition) is 4. The molecule has 0 radical (unpaired) electrons. The molecule has 0 atom stereocenters. The summed E-state index contributed by atoms with van der Waals surface area (Å²) in [6, 6.07) is 5.80. The molecule has 3 heterocycles. The van der Waals surface area contributed by atoms with Crippen LogP contribution in [0.25, 0.3) is 0 Å². The number of furan rings is 2. The van der Waals surface area contributed by atoms with Crippen LogP contribution < -0.4 is 0 Å². The Labute approximate surface area is 141 Å². The molecule has 0 saturated carbocycles. The summed E-state index contributed by atoms with van der Waals surface area (Å²) in [5.41, 5.74) is 0.716. The Hall–Kier alpha value is -1.62.